The first-order valence-electron chi connectivity index (χ1n) is 7.36. The fourth-order valence-electron chi connectivity index (χ4n) is 2.70. The number of nitrogens with zero attached hydrogens (tertiary/aromatic N) is 1. The van der Waals surface area contributed by atoms with Crippen molar-refractivity contribution in [3.05, 3.63) is 57.8 Å². The summed E-state index contributed by atoms with van der Waals surface area (Å²) in [6.07, 6.45) is 0. The average molecular weight is 351 g/mol. The lowest BCUT2D eigenvalue weighted by Gasteiger charge is -2.32. The standard InChI is InChI=1S/C17H18N2O2S.ClH/c1-12-11-19(9-8-18-12)17(21)14-6-3-2-5-13(14)16(20)15-7-4-10-22-15;/h2-7,10,12,18H,8-9,11H2,1H3;1H. The van der Waals surface area contributed by atoms with Crippen LogP contribution in [-0.2, 0) is 0 Å². The van der Waals surface area contributed by atoms with Crippen LogP contribution in [0.3, 0.4) is 0 Å². The third kappa shape index (κ3) is 3.80. The van der Waals surface area contributed by atoms with Crippen molar-refractivity contribution in [2.24, 2.45) is 0 Å². The van der Waals surface area contributed by atoms with Gasteiger partial charge >= 0.3 is 0 Å². The SMILES string of the molecule is CC1CN(C(=O)c2ccccc2C(=O)c2cccs2)CCN1.Cl. The Bertz CT molecular complexity index is 688. The minimum absolute atomic E-state index is 0. The molecule has 1 aromatic heterocycles. The van der Waals surface area contributed by atoms with E-state index in [4.69, 9.17) is 0 Å². The van der Waals surface area contributed by atoms with Crippen molar-refractivity contribution in [2.75, 3.05) is 19.6 Å². The van der Waals surface area contributed by atoms with Crippen molar-refractivity contribution in [3.63, 3.8) is 0 Å². The molecule has 0 bridgehead atoms. The molecular weight excluding hydrogens is 332 g/mol. The van der Waals surface area contributed by atoms with E-state index < -0.39 is 0 Å². The number of halogens is 1. The van der Waals surface area contributed by atoms with Crippen LogP contribution in [0.1, 0.15) is 32.5 Å². The van der Waals surface area contributed by atoms with Gasteiger partial charge in [-0.25, -0.2) is 0 Å². The number of rotatable bonds is 3. The highest BCUT2D eigenvalue weighted by Crippen LogP contribution is 2.20. The average Bonchev–Trinajstić information content (AvgIpc) is 3.08. The summed E-state index contributed by atoms with van der Waals surface area (Å²) in [4.78, 5) is 27.9. The Morgan fingerprint density at radius 3 is 2.57 bits per heavy atom. The first-order valence-corrected chi connectivity index (χ1v) is 8.24. The van der Waals surface area contributed by atoms with Gasteiger partial charge in [0.05, 0.1) is 10.4 Å². The van der Waals surface area contributed by atoms with Gasteiger partial charge in [0.25, 0.3) is 5.91 Å². The number of carbonyl (C=O) groups is 2. The predicted molar refractivity (Wildman–Crippen MR) is 94.8 cm³/mol. The fourth-order valence-corrected chi connectivity index (χ4v) is 3.37. The first-order chi connectivity index (χ1) is 10.7. The molecule has 2 aromatic rings. The zero-order valence-electron chi connectivity index (χ0n) is 12.8. The lowest BCUT2D eigenvalue weighted by atomic mass is 10.0. The molecule has 1 aromatic carbocycles. The van der Waals surface area contributed by atoms with Crippen LogP contribution in [0.5, 0.6) is 0 Å². The van der Waals surface area contributed by atoms with Crippen molar-refractivity contribution < 1.29 is 9.59 Å². The molecule has 2 heterocycles. The molecule has 4 nitrogen and oxygen atoms in total. The molecule has 122 valence electrons. The number of benzene rings is 1. The second kappa shape index (κ2) is 7.73. The Balaban J connectivity index is 0.00000192. The first kappa shape index (κ1) is 17.7. The molecule has 3 rings (SSSR count). The van der Waals surface area contributed by atoms with Crippen molar-refractivity contribution >= 4 is 35.4 Å². The second-order valence-electron chi connectivity index (χ2n) is 5.46. The molecule has 23 heavy (non-hydrogen) atoms. The van der Waals surface area contributed by atoms with Gasteiger partial charge in [-0.15, -0.1) is 23.7 Å². The molecule has 0 radical (unpaired) electrons. The van der Waals surface area contributed by atoms with E-state index >= 15 is 0 Å². The summed E-state index contributed by atoms with van der Waals surface area (Å²) < 4.78 is 0. The van der Waals surface area contributed by atoms with E-state index in [1.807, 2.05) is 22.4 Å². The Kier molecular flexibility index (Phi) is 5.93. The molecule has 0 spiro atoms. The highest BCUT2D eigenvalue weighted by atomic mass is 35.5. The number of hydrogen-bond donors (Lipinski definition) is 1. The van der Waals surface area contributed by atoms with Gasteiger partial charge in [-0.05, 0) is 24.4 Å². The molecule has 1 atom stereocenters. The summed E-state index contributed by atoms with van der Waals surface area (Å²) in [6, 6.07) is 11.0. The van der Waals surface area contributed by atoms with Gasteiger partial charge in [0.1, 0.15) is 0 Å². The maximum absolute atomic E-state index is 12.8. The summed E-state index contributed by atoms with van der Waals surface area (Å²) in [5.74, 6) is -0.143. The molecule has 1 N–H and O–H groups in total. The van der Waals surface area contributed by atoms with E-state index in [1.165, 1.54) is 11.3 Å². The molecular formula is C17H19ClN2O2S. The highest BCUT2D eigenvalue weighted by molar-refractivity contribution is 7.12. The number of thiophene rings is 1. The van der Waals surface area contributed by atoms with Gasteiger partial charge < -0.3 is 10.2 Å². The minimum atomic E-state index is -0.0814. The van der Waals surface area contributed by atoms with Gasteiger partial charge in [-0.1, -0.05) is 24.3 Å². The molecule has 0 saturated carbocycles. The maximum atomic E-state index is 12.8. The van der Waals surface area contributed by atoms with E-state index in [0.29, 0.717) is 29.1 Å². The smallest absolute Gasteiger partial charge is 0.254 e. The van der Waals surface area contributed by atoms with E-state index in [2.05, 4.69) is 12.2 Å². The van der Waals surface area contributed by atoms with E-state index in [1.54, 1.807) is 24.3 Å². The Labute approximate surface area is 145 Å². The zero-order chi connectivity index (χ0) is 15.5. The predicted octanol–water partition coefficient (Wildman–Crippen LogP) is 2.83. The fraction of sp³-hybridized carbons (Fsp3) is 0.294. The summed E-state index contributed by atoms with van der Waals surface area (Å²) in [6.45, 7) is 4.18. The minimum Gasteiger partial charge on any atom is -0.336 e. The molecule has 1 amide bonds. The Morgan fingerprint density at radius 2 is 1.91 bits per heavy atom. The van der Waals surface area contributed by atoms with Crippen LogP contribution in [0.15, 0.2) is 41.8 Å². The third-order valence-corrected chi connectivity index (χ3v) is 4.67. The molecule has 1 saturated heterocycles. The van der Waals surface area contributed by atoms with Crippen LogP contribution in [0.4, 0.5) is 0 Å². The van der Waals surface area contributed by atoms with Crippen LogP contribution in [0.2, 0.25) is 0 Å². The molecule has 6 heteroatoms. The van der Waals surface area contributed by atoms with Gasteiger partial charge in [0.15, 0.2) is 0 Å². The van der Waals surface area contributed by atoms with Gasteiger partial charge in [-0.2, -0.15) is 0 Å². The van der Waals surface area contributed by atoms with Gasteiger partial charge in [0, 0.05) is 31.2 Å². The summed E-state index contributed by atoms with van der Waals surface area (Å²) in [5, 5.41) is 5.19. The van der Waals surface area contributed by atoms with Crippen LogP contribution >= 0.6 is 23.7 Å². The quantitative estimate of drug-likeness (QED) is 0.866. The summed E-state index contributed by atoms with van der Waals surface area (Å²) in [7, 11) is 0. The zero-order valence-corrected chi connectivity index (χ0v) is 14.5. The molecule has 1 unspecified atom stereocenters. The molecule has 1 fully saturated rings. The van der Waals surface area contributed by atoms with Crippen LogP contribution in [0.25, 0.3) is 0 Å². The number of hydrogen-bond acceptors (Lipinski definition) is 4. The Hall–Kier alpha value is -1.69. The summed E-state index contributed by atoms with van der Waals surface area (Å²) in [5.41, 5.74) is 0.983. The second-order valence-corrected chi connectivity index (χ2v) is 6.41. The van der Waals surface area contributed by atoms with Crippen molar-refractivity contribution in [1.29, 1.82) is 0 Å². The topological polar surface area (TPSA) is 49.4 Å². The van der Waals surface area contributed by atoms with Gasteiger partial charge in [-0.3, -0.25) is 9.59 Å². The van der Waals surface area contributed by atoms with Crippen LogP contribution in [0, 0.1) is 0 Å². The number of amides is 1. The number of ketones is 1. The highest BCUT2D eigenvalue weighted by Gasteiger charge is 2.25. The van der Waals surface area contributed by atoms with E-state index in [9.17, 15) is 9.59 Å². The number of carbonyl (C=O) groups excluding carboxylic acids is 2. The van der Waals surface area contributed by atoms with E-state index in [0.717, 1.165) is 6.54 Å². The molecule has 1 aliphatic heterocycles. The van der Waals surface area contributed by atoms with Crippen molar-refractivity contribution in [2.45, 2.75) is 13.0 Å². The number of piperazine rings is 1. The largest absolute Gasteiger partial charge is 0.336 e. The lowest BCUT2D eigenvalue weighted by Crippen LogP contribution is -2.51. The number of nitrogens with one attached hydrogen (secondary N) is 1. The van der Waals surface area contributed by atoms with Crippen LogP contribution < -0.4 is 5.32 Å². The van der Waals surface area contributed by atoms with Crippen LogP contribution in [-0.4, -0.2) is 42.3 Å². The van der Waals surface area contributed by atoms with E-state index in [-0.39, 0.29) is 30.1 Å². The molecule has 1 aliphatic rings. The van der Waals surface area contributed by atoms with Crippen molar-refractivity contribution in [3.8, 4) is 0 Å². The Morgan fingerprint density at radius 1 is 1.17 bits per heavy atom. The maximum Gasteiger partial charge on any atom is 0.254 e. The summed E-state index contributed by atoms with van der Waals surface area (Å²) >= 11 is 1.40. The monoisotopic (exact) mass is 350 g/mol. The van der Waals surface area contributed by atoms with Gasteiger partial charge in [0.2, 0.25) is 5.78 Å². The molecule has 0 aliphatic carbocycles. The normalized spacial score (nSPS) is 17.4. The van der Waals surface area contributed by atoms with Crippen molar-refractivity contribution in [1.82, 2.24) is 10.2 Å². The lowest BCUT2D eigenvalue weighted by molar-refractivity contribution is 0.0705. The third-order valence-electron chi connectivity index (χ3n) is 3.80.